The highest BCUT2D eigenvalue weighted by Crippen LogP contribution is 2.34. The maximum atomic E-state index is 11.5. The lowest BCUT2D eigenvalue weighted by molar-refractivity contribution is -0.381. The quantitative estimate of drug-likeness (QED) is 0.0772. The predicted molar refractivity (Wildman–Crippen MR) is 171 cm³/mol. The van der Waals surface area contributed by atoms with Gasteiger partial charge in [-0.05, 0) is 0 Å². The number of methoxy groups -OCH3 is 1. The Balaban J connectivity index is 1.38. The van der Waals surface area contributed by atoms with Gasteiger partial charge in [0.15, 0.2) is 31.5 Å². The lowest BCUT2D eigenvalue weighted by atomic mass is 9.96. The molecule has 5 aliphatic heterocycles. The minimum atomic E-state index is -2.00. The van der Waals surface area contributed by atoms with Gasteiger partial charge < -0.3 is 129 Å². The number of aliphatic hydroxyl groups excluding tert-OH is 16. The molecule has 0 aromatic carbocycles. The molecule has 26 heteroatoms. The summed E-state index contributed by atoms with van der Waals surface area (Å²) in [6, 6.07) is 0. The maximum Gasteiger partial charge on any atom is 0.187 e. The second-order valence-electron chi connectivity index (χ2n) is 14.2. The van der Waals surface area contributed by atoms with E-state index in [-0.39, 0.29) is 0 Å². The Morgan fingerprint density at radius 1 is 0.351 bits per heavy atom. The van der Waals surface area contributed by atoms with Crippen LogP contribution >= 0.6 is 0 Å². The van der Waals surface area contributed by atoms with E-state index in [4.69, 9.17) is 47.4 Å². The molecule has 0 aliphatic carbocycles. The first-order valence-electron chi connectivity index (χ1n) is 18.0. The van der Waals surface area contributed by atoms with Gasteiger partial charge in [-0.3, -0.25) is 0 Å². The molecule has 16 N–H and O–H groups in total. The van der Waals surface area contributed by atoms with Crippen molar-refractivity contribution in [2.45, 2.75) is 154 Å². The van der Waals surface area contributed by atoms with Crippen molar-refractivity contribution in [3.8, 4) is 0 Å². The number of ether oxygens (including phenoxy) is 10. The fraction of sp³-hybridized carbons (Fsp3) is 1.00. The highest BCUT2D eigenvalue weighted by Gasteiger charge is 2.55. The van der Waals surface area contributed by atoms with Crippen LogP contribution in [0.1, 0.15) is 0 Å². The summed E-state index contributed by atoms with van der Waals surface area (Å²) in [6.45, 7) is -4.10. The van der Waals surface area contributed by atoms with Crippen LogP contribution in [0.2, 0.25) is 0 Å². The van der Waals surface area contributed by atoms with Crippen LogP contribution in [0.15, 0.2) is 0 Å². The molecule has 26 nitrogen and oxygen atoms in total. The van der Waals surface area contributed by atoms with Crippen molar-refractivity contribution in [3.63, 3.8) is 0 Å². The smallest absolute Gasteiger partial charge is 0.187 e. The fourth-order valence-electron chi connectivity index (χ4n) is 7.03. The Bertz CT molecular complexity index is 1220. The predicted octanol–water partition coefficient (Wildman–Crippen LogP) is -11.3. The van der Waals surface area contributed by atoms with Gasteiger partial charge in [0.1, 0.15) is 122 Å². The standard InChI is InChI=1S/C31H54O26/c1-48-25-19(42)13(36)9(4-34)54-31(25)56-24-16(39)11(55-28(23(24)46)49-5-10-15(38)17(40)21(44)27(47)51-10)6-50-30-26(20(43)14(37)8(3-33)53-30)57-29-22(45)18(41)12(35)7(2-32)52-29/h7-47H,2-6H2,1H3/t7-,8-,9-,10-,11-,12-,13-,14-,15-,16-,17+,18+,19+,20+,21+,22+,23+,24+,25+,26+,27-,28+,29-,30+,31-/m1/s1. The van der Waals surface area contributed by atoms with Gasteiger partial charge in [0.25, 0.3) is 0 Å². The van der Waals surface area contributed by atoms with Crippen molar-refractivity contribution in [1.82, 2.24) is 0 Å². The summed E-state index contributed by atoms with van der Waals surface area (Å²) in [6.07, 6.45) is -44.4. The molecule has 5 saturated heterocycles. The van der Waals surface area contributed by atoms with Gasteiger partial charge in [-0.15, -0.1) is 0 Å². The Morgan fingerprint density at radius 3 is 1.33 bits per heavy atom. The minimum absolute atomic E-state index is 0.749. The molecule has 334 valence electrons. The fourth-order valence-corrected chi connectivity index (χ4v) is 7.03. The minimum Gasteiger partial charge on any atom is -0.394 e. The Kier molecular flexibility index (Phi) is 16.7. The molecule has 0 amide bonds. The molecule has 57 heavy (non-hydrogen) atoms. The monoisotopic (exact) mass is 842 g/mol. The first kappa shape index (κ1) is 47.0. The Labute approximate surface area is 323 Å². The lowest BCUT2D eigenvalue weighted by Gasteiger charge is -2.48. The third kappa shape index (κ3) is 9.87. The lowest BCUT2D eigenvalue weighted by Crippen LogP contribution is -2.66. The van der Waals surface area contributed by atoms with Crippen molar-refractivity contribution >= 4 is 0 Å². The molecule has 5 fully saturated rings. The van der Waals surface area contributed by atoms with Crippen LogP contribution in [0.25, 0.3) is 0 Å². The zero-order valence-electron chi connectivity index (χ0n) is 30.2. The Hall–Kier alpha value is -1.04. The molecule has 25 atom stereocenters. The van der Waals surface area contributed by atoms with Gasteiger partial charge in [-0.2, -0.15) is 0 Å². The molecule has 0 radical (unpaired) electrons. The van der Waals surface area contributed by atoms with Crippen molar-refractivity contribution in [2.24, 2.45) is 0 Å². The van der Waals surface area contributed by atoms with E-state index in [1.165, 1.54) is 0 Å². The van der Waals surface area contributed by atoms with Crippen molar-refractivity contribution < 1.29 is 129 Å². The van der Waals surface area contributed by atoms with Crippen LogP contribution in [0, 0.1) is 0 Å². The van der Waals surface area contributed by atoms with E-state index >= 15 is 0 Å². The van der Waals surface area contributed by atoms with E-state index < -0.39 is 187 Å². The first-order valence-corrected chi connectivity index (χ1v) is 18.0. The van der Waals surface area contributed by atoms with Gasteiger partial charge >= 0.3 is 0 Å². The normalized spacial score (nSPS) is 52.5. The highest BCUT2D eigenvalue weighted by molar-refractivity contribution is 4.97. The molecule has 0 aromatic heterocycles. The second-order valence-corrected chi connectivity index (χ2v) is 14.2. The van der Waals surface area contributed by atoms with Crippen LogP contribution < -0.4 is 0 Å². The highest BCUT2D eigenvalue weighted by atomic mass is 16.8. The zero-order valence-corrected chi connectivity index (χ0v) is 30.2. The van der Waals surface area contributed by atoms with E-state index in [0.717, 1.165) is 7.11 Å². The van der Waals surface area contributed by atoms with Crippen LogP contribution in [-0.4, -0.2) is 275 Å². The summed E-state index contributed by atoms with van der Waals surface area (Å²) >= 11 is 0. The van der Waals surface area contributed by atoms with Gasteiger partial charge in [-0.1, -0.05) is 0 Å². The van der Waals surface area contributed by atoms with Gasteiger partial charge in [-0.25, -0.2) is 0 Å². The average Bonchev–Trinajstić information content (AvgIpc) is 3.20. The number of hydrogen-bond acceptors (Lipinski definition) is 26. The van der Waals surface area contributed by atoms with Gasteiger partial charge in [0.05, 0.1) is 33.0 Å². The van der Waals surface area contributed by atoms with Crippen LogP contribution in [0.3, 0.4) is 0 Å². The van der Waals surface area contributed by atoms with E-state index in [1.54, 1.807) is 0 Å². The Morgan fingerprint density at radius 2 is 0.772 bits per heavy atom. The summed E-state index contributed by atoms with van der Waals surface area (Å²) in [4.78, 5) is 0. The summed E-state index contributed by atoms with van der Waals surface area (Å²) < 4.78 is 55.5. The van der Waals surface area contributed by atoms with E-state index in [2.05, 4.69) is 0 Å². The van der Waals surface area contributed by atoms with Crippen LogP contribution in [0.4, 0.5) is 0 Å². The first-order chi connectivity index (χ1) is 27.0. The second kappa shape index (κ2) is 20.2. The molecule has 5 rings (SSSR count). The molecule has 0 saturated carbocycles. The van der Waals surface area contributed by atoms with Crippen molar-refractivity contribution in [3.05, 3.63) is 0 Å². The third-order valence-corrected chi connectivity index (χ3v) is 10.5. The van der Waals surface area contributed by atoms with E-state index in [9.17, 15) is 81.7 Å². The van der Waals surface area contributed by atoms with Gasteiger partial charge in [0, 0.05) is 7.11 Å². The number of aliphatic hydroxyl groups is 16. The molecule has 5 heterocycles. The molecule has 0 aromatic rings. The third-order valence-electron chi connectivity index (χ3n) is 10.5. The number of rotatable bonds is 14. The summed E-state index contributed by atoms with van der Waals surface area (Å²) in [5.74, 6) is 0. The molecule has 0 bridgehead atoms. The largest absolute Gasteiger partial charge is 0.394 e. The molecule has 5 aliphatic rings. The average molecular weight is 843 g/mol. The zero-order chi connectivity index (χ0) is 42.0. The molecular weight excluding hydrogens is 788 g/mol. The van der Waals surface area contributed by atoms with Gasteiger partial charge in [0.2, 0.25) is 0 Å². The molecule has 0 unspecified atom stereocenters. The van der Waals surface area contributed by atoms with Crippen LogP contribution in [-0.2, 0) is 47.4 Å². The molecular formula is C31H54O26. The summed E-state index contributed by atoms with van der Waals surface area (Å²) in [5.41, 5.74) is 0. The molecule has 0 spiro atoms. The van der Waals surface area contributed by atoms with Crippen LogP contribution in [0.5, 0.6) is 0 Å². The van der Waals surface area contributed by atoms with Crippen molar-refractivity contribution in [1.29, 1.82) is 0 Å². The van der Waals surface area contributed by atoms with E-state index in [0.29, 0.717) is 0 Å². The summed E-state index contributed by atoms with van der Waals surface area (Å²) in [5, 5.41) is 166. The van der Waals surface area contributed by atoms with E-state index in [1.807, 2.05) is 0 Å². The SMILES string of the molecule is CO[C@@H]1[C@@H](O[C@@H]2[C@H](O)[C@@H](OC[C@H]3O[C@@H](O)[C@@H](O)[C@@H](O)[C@@H]3O)O[C@H](CO[C@H]3O[C@H](CO)[C@@H](O)[C@H](O)[C@@H]3O[C@H]3O[C@H](CO)[C@@H](O)[C@H](O)[C@@H]3O)[C@H]2O)O[C@H](CO)[C@@H](O)[C@@H]1O. The summed E-state index contributed by atoms with van der Waals surface area (Å²) in [7, 11) is 1.12. The van der Waals surface area contributed by atoms with Crippen molar-refractivity contribution in [2.75, 3.05) is 40.1 Å². The maximum absolute atomic E-state index is 11.5. The number of hydrogen-bond donors (Lipinski definition) is 16. The topological polar surface area (TPSA) is 416 Å².